The van der Waals surface area contributed by atoms with Crippen LogP contribution in [0.15, 0.2) is 29.6 Å². The van der Waals surface area contributed by atoms with Gasteiger partial charge in [0.2, 0.25) is 5.71 Å². The molecule has 0 amide bonds. The second-order valence-electron chi connectivity index (χ2n) is 1.78. The van der Waals surface area contributed by atoms with Crippen LogP contribution in [0.1, 0.15) is 5.69 Å². The van der Waals surface area contributed by atoms with Gasteiger partial charge in [0.15, 0.2) is 0 Å². The van der Waals surface area contributed by atoms with Crippen LogP contribution >= 0.6 is 0 Å². The normalized spacial score (nSPS) is 9.75. The molecule has 0 aliphatic carbocycles. The topological polar surface area (TPSA) is 69.3 Å². The van der Waals surface area contributed by atoms with Crippen molar-refractivity contribution in [1.82, 2.24) is 4.98 Å². The number of aromatic nitrogens is 1. The maximum absolute atomic E-state index is 8.40. The first kappa shape index (κ1) is 11.1. The molecule has 1 heterocycles. The second kappa shape index (κ2) is 5.72. The molecular formula is C7H5N3NaO+. The molecule has 12 heavy (non-hydrogen) atoms. The average Bonchev–Trinajstić information content (AvgIpc) is 2.09. The van der Waals surface area contributed by atoms with Gasteiger partial charge in [-0.1, -0.05) is 11.2 Å². The third-order valence-corrected chi connectivity index (χ3v) is 1.11. The van der Waals surface area contributed by atoms with Crippen molar-refractivity contribution < 1.29 is 34.8 Å². The Morgan fingerprint density at radius 3 is 2.75 bits per heavy atom. The van der Waals surface area contributed by atoms with Crippen molar-refractivity contribution in [3.05, 3.63) is 30.1 Å². The number of nitrogens with zero attached hydrogens (tertiary/aromatic N) is 3. The molecule has 0 saturated carbocycles. The van der Waals surface area contributed by atoms with Crippen LogP contribution in [0.25, 0.3) is 0 Å². The second-order valence-corrected chi connectivity index (χ2v) is 1.78. The molecule has 0 aliphatic heterocycles. The molecule has 0 saturated heterocycles. The monoisotopic (exact) mass is 170 g/mol. The summed E-state index contributed by atoms with van der Waals surface area (Å²) in [6.45, 7) is 0. The number of rotatable bonds is 1. The molecule has 0 aromatic carbocycles. The Kier molecular flexibility index (Phi) is 5.30. The summed E-state index contributed by atoms with van der Waals surface area (Å²) in [5, 5.41) is 19.5. The summed E-state index contributed by atoms with van der Waals surface area (Å²) in [5.41, 5.74) is 0.295. The van der Waals surface area contributed by atoms with E-state index in [1.807, 2.05) is 0 Å². The summed E-state index contributed by atoms with van der Waals surface area (Å²) in [6, 6.07) is 6.73. The fraction of sp³-hybridized carbons (Fsp3) is 0. The minimum absolute atomic E-state index is 0. The molecule has 1 aromatic heterocycles. The van der Waals surface area contributed by atoms with Crippen molar-refractivity contribution in [2.45, 2.75) is 0 Å². The number of nitriles is 1. The van der Waals surface area contributed by atoms with Crippen molar-refractivity contribution >= 4 is 5.71 Å². The number of pyridine rings is 1. The van der Waals surface area contributed by atoms with Gasteiger partial charge in [0.25, 0.3) is 0 Å². The van der Waals surface area contributed by atoms with Gasteiger partial charge in [0.1, 0.15) is 11.8 Å². The summed E-state index contributed by atoms with van der Waals surface area (Å²) < 4.78 is 0. The van der Waals surface area contributed by atoms with E-state index in [9.17, 15) is 0 Å². The molecule has 1 aromatic rings. The first-order valence-corrected chi connectivity index (χ1v) is 2.92. The fourth-order valence-electron chi connectivity index (χ4n) is 0.634. The zero-order valence-corrected chi connectivity index (χ0v) is 8.60. The van der Waals surface area contributed by atoms with E-state index < -0.39 is 0 Å². The van der Waals surface area contributed by atoms with Crippen molar-refractivity contribution in [2.75, 3.05) is 0 Å². The van der Waals surface area contributed by atoms with Crippen LogP contribution in [0.3, 0.4) is 0 Å². The minimum atomic E-state index is -0.0781. The van der Waals surface area contributed by atoms with Gasteiger partial charge in [-0.3, -0.25) is 4.98 Å². The van der Waals surface area contributed by atoms with Gasteiger partial charge in [-0.2, -0.15) is 5.26 Å². The van der Waals surface area contributed by atoms with Crippen LogP contribution in [-0.4, -0.2) is 15.9 Å². The van der Waals surface area contributed by atoms with Crippen molar-refractivity contribution in [2.24, 2.45) is 5.16 Å². The van der Waals surface area contributed by atoms with E-state index in [1.54, 1.807) is 24.3 Å². The van der Waals surface area contributed by atoms with Crippen molar-refractivity contribution in [3.63, 3.8) is 0 Å². The molecular weight excluding hydrogens is 165 g/mol. The molecule has 54 valence electrons. The summed E-state index contributed by atoms with van der Waals surface area (Å²) in [5.74, 6) is 0. The number of hydrogen-bond donors (Lipinski definition) is 1. The van der Waals surface area contributed by atoms with Gasteiger partial charge >= 0.3 is 29.6 Å². The van der Waals surface area contributed by atoms with E-state index in [0.717, 1.165) is 0 Å². The zero-order valence-electron chi connectivity index (χ0n) is 6.60. The molecule has 0 aliphatic rings. The van der Waals surface area contributed by atoms with Crippen LogP contribution < -0.4 is 29.6 Å². The van der Waals surface area contributed by atoms with Crippen molar-refractivity contribution in [1.29, 1.82) is 5.26 Å². The largest absolute Gasteiger partial charge is 1.00 e. The van der Waals surface area contributed by atoms with Crippen LogP contribution in [0, 0.1) is 11.3 Å². The Morgan fingerprint density at radius 1 is 1.58 bits per heavy atom. The number of oxime groups is 1. The fourth-order valence-corrected chi connectivity index (χ4v) is 0.634. The molecule has 1 N–H and O–H groups in total. The van der Waals surface area contributed by atoms with E-state index in [-0.39, 0.29) is 35.3 Å². The molecule has 0 bridgehead atoms. The average molecular weight is 170 g/mol. The van der Waals surface area contributed by atoms with E-state index in [1.165, 1.54) is 6.20 Å². The molecule has 0 radical (unpaired) electrons. The standard InChI is InChI=1S/C7H5N3O.Na/c8-5-7(10-11)6-3-1-2-4-9-6;/h1-4,11H;/q;+1/b10-7-;. The molecule has 4 nitrogen and oxygen atoms in total. The van der Waals surface area contributed by atoms with Gasteiger partial charge in [0, 0.05) is 6.20 Å². The third kappa shape index (κ3) is 2.62. The van der Waals surface area contributed by atoms with Crippen LogP contribution in [0.2, 0.25) is 0 Å². The van der Waals surface area contributed by atoms with Crippen LogP contribution in [0.4, 0.5) is 0 Å². The van der Waals surface area contributed by atoms with Crippen LogP contribution in [0.5, 0.6) is 0 Å². The minimum Gasteiger partial charge on any atom is -0.410 e. The number of hydrogen-bond acceptors (Lipinski definition) is 4. The maximum atomic E-state index is 8.40. The van der Waals surface area contributed by atoms with Crippen molar-refractivity contribution in [3.8, 4) is 6.07 Å². The predicted octanol–water partition coefficient (Wildman–Crippen LogP) is -2.21. The molecule has 1 rings (SSSR count). The van der Waals surface area contributed by atoms with Gasteiger partial charge in [-0.25, -0.2) is 0 Å². The molecule has 0 fully saturated rings. The maximum Gasteiger partial charge on any atom is 1.00 e. The van der Waals surface area contributed by atoms with Crippen LogP contribution in [-0.2, 0) is 0 Å². The Labute approximate surface area is 91.8 Å². The third-order valence-electron chi connectivity index (χ3n) is 1.11. The molecule has 0 atom stereocenters. The Balaban J connectivity index is 0.00000121. The first-order chi connectivity index (χ1) is 5.38. The van der Waals surface area contributed by atoms with E-state index in [0.29, 0.717) is 5.69 Å². The van der Waals surface area contributed by atoms with E-state index >= 15 is 0 Å². The predicted molar refractivity (Wildman–Crippen MR) is 38.2 cm³/mol. The van der Waals surface area contributed by atoms with Gasteiger partial charge < -0.3 is 5.21 Å². The molecule has 5 heteroatoms. The summed E-state index contributed by atoms with van der Waals surface area (Å²) in [4.78, 5) is 3.81. The summed E-state index contributed by atoms with van der Waals surface area (Å²) in [7, 11) is 0. The Hall–Kier alpha value is -0.890. The summed E-state index contributed by atoms with van der Waals surface area (Å²) >= 11 is 0. The Morgan fingerprint density at radius 2 is 2.33 bits per heavy atom. The first-order valence-electron chi connectivity index (χ1n) is 2.92. The van der Waals surface area contributed by atoms with Gasteiger partial charge in [0.05, 0.1) is 0 Å². The van der Waals surface area contributed by atoms with Gasteiger partial charge in [-0.05, 0) is 12.1 Å². The Bertz CT molecular complexity index is 304. The molecule has 0 unspecified atom stereocenters. The SMILES string of the molecule is N#C/C(=N/O)c1ccccn1.[Na+]. The molecule has 0 spiro atoms. The van der Waals surface area contributed by atoms with Gasteiger partial charge in [-0.15, -0.1) is 0 Å². The smallest absolute Gasteiger partial charge is 0.410 e. The zero-order chi connectivity index (χ0) is 8.10. The van der Waals surface area contributed by atoms with E-state index in [4.69, 9.17) is 10.5 Å². The van der Waals surface area contributed by atoms with E-state index in [2.05, 4.69) is 10.1 Å². The quantitative estimate of drug-likeness (QED) is 0.225. The summed E-state index contributed by atoms with van der Waals surface area (Å²) in [6.07, 6.45) is 1.53.